The van der Waals surface area contributed by atoms with Crippen molar-refractivity contribution in [3.63, 3.8) is 0 Å². The van der Waals surface area contributed by atoms with Crippen molar-refractivity contribution in [2.75, 3.05) is 26.2 Å². The van der Waals surface area contributed by atoms with Gasteiger partial charge in [0.15, 0.2) is 0 Å². The number of nitrogens with zero attached hydrogens (tertiary/aromatic N) is 3. The van der Waals surface area contributed by atoms with Crippen LogP contribution in [0, 0.1) is 0 Å². The van der Waals surface area contributed by atoms with Crippen LogP contribution in [0.1, 0.15) is 57.0 Å². The van der Waals surface area contributed by atoms with Crippen LogP contribution in [0.3, 0.4) is 0 Å². The molecule has 2 N–H and O–H groups in total. The third-order valence-electron chi connectivity index (χ3n) is 6.56. The predicted octanol–water partition coefficient (Wildman–Crippen LogP) is 4.64. The van der Waals surface area contributed by atoms with Gasteiger partial charge in [-0.3, -0.25) is 9.69 Å². The first-order chi connectivity index (χ1) is 17.0. The van der Waals surface area contributed by atoms with Gasteiger partial charge in [0.1, 0.15) is 5.84 Å². The molecule has 0 bridgehead atoms. The number of piperazine rings is 1. The maximum absolute atomic E-state index is 13.3. The molecule has 0 atom stereocenters. The Kier molecular flexibility index (Phi) is 7.31. The largest absolute Gasteiger partial charge is 0.460 e. The van der Waals surface area contributed by atoms with E-state index in [9.17, 15) is 9.59 Å². The number of fused-ring (bicyclic) bond motifs is 1. The molecule has 0 aromatic heterocycles. The molecule has 2 heterocycles. The lowest BCUT2D eigenvalue weighted by molar-refractivity contribution is -0.142. The molecular weight excluding hydrogens is 452 g/mol. The van der Waals surface area contributed by atoms with Crippen molar-refractivity contribution in [2.45, 2.75) is 52.7 Å². The summed E-state index contributed by atoms with van der Waals surface area (Å²) in [6, 6.07) is 13.6. The summed E-state index contributed by atoms with van der Waals surface area (Å²) in [6.07, 6.45) is 1.82. The highest BCUT2D eigenvalue weighted by atomic mass is 16.5. The smallest absolute Gasteiger partial charge is 0.334 e. The zero-order valence-corrected chi connectivity index (χ0v) is 21.9. The molecule has 4 rings (SSSR count). The quantitative estimate of drug-likeness (QED) is 0.634. The van der Waals surface area contributed by atoms with Crippen molar-refractivity contribution in [2.24, 2.45) is 10.7 Å². The molecule has 7 heteroatoms. The molecule has 36 heavy (non-hydrogen) atoms. The van der Waals surface area contributed by atoms with Gasteiger partial charge in [-0.1, -0.05) is 24.3 Å². The molecule has 2 aromatic rings. The average molecular weight is 489 g/mol. The van der Waals surface area contributed by atoms with E-state index in [1.54, 1.807) is 6.08 Å². The summed E-state index contributed by atoms with van der Waals surface area (Å²) >= 11 is 0. The van der Waals surface area contributed by atoms with Gasteiger partial charge >= 0.3 is 5.97 Å². The zero-order chi connectivity index (χ0) is 26.0. The van der Waals surface area contributed by atoms with Crippen molar-refractivity contribution in [1.82, 2.24) is 9.80 Å². The van der Waals surface area contributed by atoms with E-state index >= 15 is 0 Å². The summed E-state index contributed by atoms with van der Waals surface area (Å²) in [5.41, 5.74) is 10.7. The maximum Gasteiger partial charge on any atom is 0.334 e. The lowest BCUT2D eigenvalue weighted by atomic mass is 9.99. The average Bonchev–Trinajstić information content (AvgIpc) is 3.00. The second-order valence-electron chi connectivity index (χ2n) is 10.7. The molecule has 1 fully saturated rings. The molecule has 2 aliphatic rings. The first-order valence-electron chi connectivity index (χ1n) is 12.5. The fourth-order valence-corrected chi connectivity index (χ4v) is 4.59. The standard InChI is InChI=1S/C29H36N4O3/c1-19(2)36-28(35)24-16-22-10-9-21(17-25(22)31-26(30)18-24)20-7-6-8-23(15-20)27(34)32-11-13-33(14-12-32)29(3,4)5/h6-10,15-17,19H,11-14,18H2,1-5H3,(H2,30,31). The number of rotatable bonds is 4. The molecule has 190 valence electrons. The monoisotopic (exact) mass is 488 g/mol. The number of amidine groups is 1. The molecule has 2 aliphatic heterocycles. The Hall–Kier alpha value is -3.45. The third kappa shape index (κ3) is 5.85. The van der Waals surface area contributed by atoms with Crippen molar-refractivity contribution in [1.29, 1.82) is 0 Å². The first-order valence-corrected chi connectivity index (χ1v) is 12.5. The second kappa shape index (κ2) is 10.3. The van der Waals surface area contributed by atoms with Crippen molar-refractivity contribution in [3.05, 3.63) is 59.2 Å². The Bertz CT molecular complexity index is 1220. The molecule has 0 radical (unpaired) electrons. The van der Waals surface area contributed by atoms with Gasteiger partial charge in [0.05, 0.1) is 11.8 Å². The van der Waals surface area contributed by atoms with Crippen LogP contribution in [0.2, 0.25) is 0 Å². The van der Waals surface area contributed by atoms with Gasteiger partial charge in [-0.2, -0.15) is 0 Å². The number of benzene rings is 2. The van der Waals surface area contributed by atoms with E-state index in [0.29, 0.717) is 22.7 Å². The molecule has 0 unspecified atom stereocenters. The highest BCUT2D eigenvalue weighted by Crippen LogP contribution is 2.32. The van der Waals surface area contributed by atoms with Crippen LogP contribution < -0.4 is 5.73 Å². The summed E-state index contributed by atoms with van der Waals surface area (Å²) in [5.74, 6) is 0.0319. The van der Waals surface area contributed by atoms with Crippen LogP contribution in [-0.4, -0.2) is 65.3 Å². The zero-order valence-electron chi connectivity index (χ0n) is 21.9. The van der Waals surface area contributed by atoms with Crippen LogP contribution in [-0.2, 0) is 9.53 Å². The predicted molar refractivity (Wildman–Crippen MR) is 144 cm³/mol. The summed E-state index contributed by atoms with van der Waals surface area (Å²) in [5, 5.41) is 0. The van der Waals surface area contributed by atoms with Crippen LogP contribution >= 0.6 is 0 Å². The van der Waals surface area contributed by atoms with Crippen molar-refractivity contribution >= 4 is 29.5 Å². The number of nitrogens with two attached hydrogens (primary N) is 1. The normalized spacial score (nSPS) is 16.7. The van der Waals surface area contributed by atoms with Crippen LogP contribution in [0.4, 0.5) is 5.69 Å². The minimum absolute atomic E-state index is 0.0543. The minimum atomic E-state index is -0.380. The fourth-order valence-electron chi connectivity index (χ4n) is 4.59. The van der Waals surface area contributed by atoms with Crippen molar-refractivity contribution in [3.8, 4) is 11.1 Å². The van der Waals surface area contributed by atoms with E-state index in [0.717, 1.165) is 42.9 Å². The Balaban J connectivity index is 1.56. The van der Waals surface area contributed by atoms with E-state index in [2.05, 4.69) is 30.7 Å². The number of hydrogen-bond acceptors (Lipinski definition) is 6. The number of ether oxygens (including phenoxy) is 1. The van der Waals surface area contributed by atoms with E-state index < -0.39 is 0 Å². The topological polar surface area (TPSA) is 88.2 Å². The van der Waals surface area contributed by atoms with Crippen LogP contribution in [0.5, 0.6) is 0 Å². The van der Waals surface area contributed by atoms with Gasteiger partial charge in [-0.15, -0.1) is 0 Å². The third-order valence-corrected chi connectivity index (χ3v) is 6.56. The molecular formula is C29H36N4O3. The van der Waals surface area contributed by atoms with Gasteiger partial charge in [0.2, 0.25) is 0 Å². The van der Waals surface area contributed by atoms with Gasteiger partial charge in [-0.25, -0.2) is 9.79 Å². The Morgan fingerprint density at radius 2 is 1.69 bits per heavy atom. The highest BCUT2D eigenvalue weighted by molar-refractivity contribution is 6.03. The first kappa shape index (κ1) is 25.6. The van der Waals surface area contributed by atoms with Crippen LogP contribution in [0.15, 0.2) is 53.0 Å². The molecule has 7 nitrogen and oxygen atoms in total. The fraction of sp³-hybridized carbons (Fsp3) is 0.414. The summed E-state index contributed by atoms with van der Waals surface area (Å²) in [7, 11) is 0. The summed E-state index contributed by atoms with van der Waals surface area (Å²) in [4.78, 5) is 34.6. The van der Waals surface area contributed by atoms with Gasteiger partial charge in [-0.05, 0) is 70.0 Å². The summed E-state index contributed by atoms with van der Waals surface area (Å²) in [6.45, 7) is 13.5. The lowest BCUT2D eigenvalue weighted by Crippen LogP contribution is -2.54. The maximum atomic E-state index is 13.3. The summed E-state index contributed by atoms with van der Waals surface area (Å²) < 4.78 is 5.35. The minimum Gasteiger partial charge on any atom is -0.460 e. The molecule has 0 spiro atoms. The molecule has 1 amide bonds. The molecule has 0 aliphatic carbocycles. The molecule has 2 aromatic carbocycles. The number of aliphatic imine (C=N–C) groups is 1. The van der Waals surface area contributed by atoms with E-state index in [1.165, 1.54) is 0 Å². The molecule has 0 saturated carbocycles. The number of hydrogen-bond donors (Lipinski definition) is 1. The van der Waals surface area contributed by atoms with E-state index in [4.69, 9.17) is 10.5 Å². The SMILES string of the molecule is CC(C)OC(=O)C1=Cc2ccc(-c3cccc(C(=O)N4CCN(C(C)(C)C)CC4)c3)cc2N=C(N)C1. The van der Waals surface area contributed by atoms with Gasteiger partial charge in [0, 0.05) is 54.8 Å². The number of carbonyl (C=O) groups excluding carboxylic acids is 2. The van der Waals surface area contributed by atoms with Gasteiger partial charge in [0.25, 0.3) is 5.91 Å². The Morgan fingerprint density at radius 1 is 1.00 bits per heavy atom. The molecule has 1 saturated heterocycles. The van der Waals surface area contributed by atoms with Gasteiger partial charge < -0.3 is 15.4 Å². The Morgan fingerprint density at radius 3 is 2.36 bits per heavy atom. The van der Waals surface area contributed by atoms with E-state index in [-0.39, 0.29) is 29.9 Å². The Labute approximate surface area is 213 Å². The number of esters is 1. The van der Waals surface area contributed by atoms with Crippen molar-refractivity contribution < 1.29 is 14.3 Å². The highest BCUT2D eigenvalue weighted by Gasteiger charge is 2.28. The number of amides is 1. The van der Waals surface area contributed by atoms with Crippen LogP contribution in [0.25, 0.3) is 17.2 Å². The second-order valence-corrected chi connectivity index (χ2v) is 10.7. The lowest BCUT2D eigenvalue weighted by Gasteiger charge is -2.42. The number of carbonyl (C=O) groups is 2. The van der Waals surface area contributed by atoms with E-state index in [1.807, 2.05) is 61.2 Å².